The lowest BCUT2D eigenvalue weighted by molar-refractivity contribution is -0.0474. The van der Waals surface area contributed by atoms with E-state index in [2.05, 4.69) is 27.9 Å². The molecule has 0 saturated heterocycles. The highest BCUT2D eigenvalue weighted by Gasteiger charge is 2.34. The van der Waals surface area contributed by atoms with Crippen LogP contribution in [0.25, 0.3) is 0 Å². The van der Waals surface area contributed by atoms with Gasteiger partial charge in [-0.25, -0.2) is 4.79 Å². The highest BCUT2D eigenvalue weighted by atomic mass is 127. The molecule has 94 valence electrons. The van der Waals surface area contributed by atoms with E-state index in [1.807, 2.05) is 31.2 Å². The number of halogens is 1. The van der Waals surface area contributed by atoms with Gasteiger partial charge in [-0.3, -0.25) is 5.32 Å². The third kappa shape index (κ3) is 3.32. The van der Waals surface area contributed by atoms with Gasteiger partial charge in [-0.2, -0.15) is 0 Å². The van der Waals surface area contributed by atoms with Gasteiger partial charge in [-0.1, -0.05) is 31.5 Å². The van der Waals surface area contributed by atoms with E-state index in [0.29, 0.717) is 6.42 Å². The van der Waals surface area contributed by atoms with Gasteiger partial charge in [0.05, 0.1) is 0 Å². The number of hydrogen-bond donors (Lipinski definition) is 2. The summed E-state index contributed by atoms with van der Waals surface area (Å²) in [5.74, 6) is 0. The average molecular weight is 349 g/mol. The third-order valence-corrected chi connectivity index (χ3v) is 3.51. The molecule has 0 saturated carbocycles. The predicted molar refractivity (Wildman–Crippen MR) is 73.9 cm³/mol. The maximum atomic E-state index is 10.9. The maximum absolute atomic E-state index is 10.9. The second-order valence-corrected chi connectivity index (χ2v) is 4.85. The Balaban J connectivity index is 3.21. The van der Waals surface area contributed by atoms with Gasteiger partial charge < -0.3 is 9.84 Å². The second-order valence-electron chi connectivity index (χ2n) is 3.69. The summed E-state index contributed by atoms with van der Waals surface area (Å²) in [5, 5.41) is 11.5. The van der Waals surface area contributed by atoms with Crippen LogP contribution < -0.4 is 5.32 Å². The Kier molecular flexibility index (Phi) is 5.20. The average Bonchev–Trinajstić information content (AvgIpc) is 2.28. The summed E-state index contributed by atoms with van der Waals surface area (Å²) in [4.78, 5) is 10.9. The van der Waals surface area contributed by atoms with Crippen molar-refractivity contribution in [3.8, 4) is 0 Å². The van der Waals surface area contributed by atoms with Crippen LogP contribution in [0.5, 0.6) is 0 Å². The first-order valence-corrected chi connectivity index (χ1v) is 6.45. The van der Waals surface area contributed by atoms with Crippen molar-refractivity contribution in [1.29, 1.82) is 0 Å². The van der Waals surface area contributed by atoms with Crippen LogP contribution in [0, 0.1) is 3.57 Å². The van der Waals surface area contributed by atoms with E-state index in [1.165, 1.54) is 7.11 Å². The van der Waals surface area contributed by atoms with Crippen molar-refractivity contribution in [2.45, 2.75) is 25.5 Å². The fourth-order valence-corrected chi connectivity index (χ4v) is 2.66. The van der Waals surface area contributed by atoms with Crippen LogP contribution in [-0.2, 0) is 10.5 Å². The molecule has 1 aromatic carbocycles. The fraction of sp³-hybridized carbons (Fsp3) is 0.417. The van der Waals surface area contributed by atoms with Gasteiger partial charge in [0.15, 0.2) is 5.72 Å². The minimum absolute atomic E-state index is 0.593. The molecule has 0 aliphatic carbocycles. The van der Waals surface area contributed by atoms with Crippen LogP contribution >= 0.6 is 22.6 Å². The number of nitrogens with one attached hydrogen (secondary N) is 1. The molecule has 1 amide bonds. The summed E-state index contributed by atoms with van der Waals surface area (Å²) in [6.07, 6.45) is 0.328. The zero-order valence-corrected chi connectivity index (χ0v) is 12.0. The lowest BCUT2D eigenvalue weighted by Crippen LogP contribution is -2.47. The summed E-state index contributed by atoms with van der Waals surface area (Å²) >= 11 is 2.18. The monoisotopic (exact) mass is 349 g/mol. The standard InChI is InChI=1S/C12H16INO3/c1-3-8-12(17-2,14-11(15)16)9-6-4-5-7-10(9)13/h4-7,14H,3,8H2,1-2H3,(H,15,16). The molecule has 0 aliphatic rings. The van der Waals surface area contributed by atoms with Crippen LogP contribution in [0.4, 0.5) is 4.79 Å². The summed E-state index contributed by atoms with van der Waals surface area (Å²) in [7, 11) is 1.52. The molecular weight excluding hydrogens is 333 g/mol. The Hall–Kier alpha value is -0.820. The molecule has 1 aromatic rings. The van der Waals surface area contributed by atoms with E-state index in [-0.39, 0.29) is 0 Å². The van der Waals surface area contributed by atoms with Crippen molar-refractivity contribution in [1.82, 2.24) is 5.32 Å². The van der Waals surface area contributed by atoms with Crippen LogP contribution in [0.2, 0.25) is 0 Å². The Morgan fingerprint density at radius 1 is 1.53 bits per heavy atom. The first-order chi connectivity index (χ1) is 8.05. The number of benzene rings is 1. The van der Waals surface area contributed by atoms with Crippen LogP contribution in [0.15, 0.2) is 24.3 Å². The zero-order chi connectivity index (χ0) is 12.9. The minimum Gasteiger partial charge on any atom is -0.465 e. The second kappa shape index (κ2) is 6.20. The smallest absolute Gasteiger partial charge is 0.407 e. The Morgan fingerprint density at radius 3 is 2.65 bits per heavy atom. The number of hydrogen-bond acceptors (Lipinski definition) is 2. The summed E-state index contributed by atoms with van der Waals surface area (Å²) in [6.45, 7) is 1.99. The highest BCUT2D eigenvalue weighted by molar-refractivity contribution is 14.1. The number of methoxy groups -OCH3 is 1. The van der Waals surface area contributed by atoms with E-state index < -0.39 is 11.8 Å². The fourth-order valence-electron chi connectivity index (χ4n) is 1.84. The quantitative estimate of drug-likeness (QED) is 0.634. The van der Waals surface area contributed by atoms with Crippen molar-refractivity contribution in [2.24, 2.45) is 0 Å². The van der Waals surface area contributed by atoms with Crippen molar-refractivity contribution in [3.05, 3.63) is 33.4 Å². The first kappa shape index (κ1) is 14.2. The molecule has 0 heterocycles. The van der Waals surface area contributed by atoms with Gasteiger partial charge in [-0.15, -0.1) is 0 Å². The number of amides is 1. The topological polar surface area (TPSA) is 58.6 Å². The molecule has 1 unspecified atom stereocenters. The zero-order valence-electron chi connectivity index (χ0n) is 9.87. The normalized spacial score (nSPS) is 14.1. The Bertz CT molecular complexity index is 397. The molecule has 0 bridgehead atoms. The third-order valence-electron chi connectivity index (χ3n) is 2.57. The molecule has 4 nitrogen and oxygen atoms in total. The Morgan fingerprint density at radius 2 is 2.18 bits per heavy atom. The number of carbonyl (C=O) groups is 1. The SMILES string of the molecule is CCCC(NC(=O)O)(OC)c1ccccc1I. The molecule has 5 heteroatoms. The molecule has 0 fully saturated rings. The van der Waals surface area contributed by atoms with Crippen molar-refractivity contribution >= 4 is 28.7 Å². The molecule has 0 aromatic heterocycles. The highest BCUT2D eigenvalue weighted by Crippen LogP contribution is 2.31. The summed E-state index contributed by atoms with van der Waals surface area (Å²) in [6, 6.07) is 7.61. The number of carboxylic acid groups (broad SMARTS) is 1. The van der Waals surface area contributed by atoms with Gasteiger partial charge in [0.2, 0.25) is 0 Å². The van der Waals surface area contributed by atoms with Crippen molar-refractivity contribution in [2.75, 3.05) is 7.11 Å². The van der Waals surface area contributed by atoms with Crippen molar-refractivity contribution < 1.29 is 14.6 Å². The Labute approximate surface area is 115 Å². The molecule has 1 rings (SSSR count). The lowest BCUT2D eigenvalue weighted by atomic mass is 9.98. The maximum Gasteiger partial charge on any atom is 0.407 e. The van der Waals surface area contributed by atoms with Crippen molar-refractivity contribution in [3.63, 3.8) is 0 Å². The predicted octanol–water partition coefficient (Wildman–Crippen LogP) is 3.16. The van der Waals surface area contributed by atoms with Crippen LogP contribution in [-0.4, -0.2) is 18.3 Å². The van der Waals surface area contributed by atoms with E-state index in [1.54, 1.807) is 0 Å². The molecule has 0 aliphatic heterocycles. The summed E-state index contributed by atoms with van der Waals surface area (Å²) in [5.41, 5.74) is -0.106. The minimum atomic E-state index is -1.08. The van der Waals surface area contributed by atoms with E-state index in [9.17, 15) is 4.79 Å². The molecule has 1 atom stereocenters. The van der Waals surface area contributed by atoms with Gasteiger partial charge in [0.1, 0.15) is 0 Å². The van der Waals surface area contributed by atoms with Gasteiger partial charge in [0, 0.05) is 16.2 Å². The van der Waals surface area contributed by atoms with Crippen LogP contribution in [0.1, 0.15) is 25.3 Å². The van der Waals surface area contributed by atoms with Gasteiger partial charge in [-0.05, 0) is 35.1 Å². The first-order valence-electron chi connectivity index (χ1n) is 5.37. The molecule has 0 spiro atoms. The number of ether oxygens (including phenoxy) is 1. The van der Waals surface area contributed by atoms with E-state index in [0.717, 1.165) is 15.6 Å². The molecule has 17 heavy (non-hydrogen) atoms. The van der Waals surface area contributed by atoms with Gasteiger partial charge in [0.25, 0.3) is 0 Å². The largest absolute Gasteiger partial charge is 0.465 e. The van der Waals surface area contributed by atoms with Crippen LogP contribution in [0.3, 0.4) is 0 Å². The van der Waals surface area contributed by atoms with Gasteiger partial charge >= 0.3 is 6.09 Å². The number of rotatable bonds is 5. The van der Waals surface area contributed by atoms with E-state index in [4.69, 9.17) is 9.84 Å². The van der Waals surface area contributed by atoms with E-state index >= 15 is 0 Å². The molecule has 2 N–H and O–H groups in total. The molecule has 0 radical (unpaired) electrons. The summed E-state index contributed by atoms with van der Waals surface area (Å²) < 4.78 is 6.44. The molecular formula is C12H16INO3. The lowest BCUT2D eigenvalue weighted by Gasteiger charge is -2.33.